The molecule has 2 aromatic carbocycles. The fourth-order valence-electron chi connectivity index (χ4n) is 2.56. The Morgan fingerprint density at radius 1 is 1.08 bits per heavy atom. The Morgan fingerprint density at radius 2 is 1.80 bits per heavy atom. The Labute approximate surface area is 147 Å². The molecule has 0 saturated heterocycles. The Kier molecular flexibility index (Phi) is 5.14. The predicted octanol–water partition coefficient (Wildman–Crippen LogP) is 3.57. The Morgan fingerprint density at radius 3 is 2.56 bits per heavy atom. The van der Waals surface area contributed by atoms with Crippen LogP contribution in [0.3, 0.4) is 0 Å². The highest BCUT2D eigenvalue weighted by atomic mass is 16.5. The quantitative estimate of drug-likeness (QED) is 0.749. The van der Waals surface area contributed by atoms with Gasteiger partial charge in [-0.3, -0.25) is 4.79 Å². The van der Waals surface area contributed by atoms with Crippen molar-refractivity contribution in [3.05, 3.63) is 77.5 Å². The molecule has 5 nitrogen and oxygen atoms in total. The van der Waals surface area contributed by atoms with Crippen molar-refractivity contribution in [2.75, 3.05) is 11.9 Å². The molecule has 0 aliphatic rings. The minimum atomic E-state index is -0.211. The average molecular weight is 335 g/mol. The van der Waals surface area contributed by atoms with Crippen molar-refractivity contribution in [2.45, 2.75) is 20.4 Å². The largest absolute Gasteiger partial charge is 0.483 e. The normalized spacial score (nSPS) is 10.5. The van der Waals surface area contributed by atoms with Gasteiger partial charge in [0.15, 0.2) is 6.61 Å². The molecule has 0 fully saturated rings. The first-order valence-corrected chi connectivity index (χ1v) is 8.18. The van der Waals surface area contributed by atoms with Crippen molar-refractivity contribution in [1.29, 1.82) is 0 Å². The second-order valence-corrected chi connectivity index (χ2v) is 5.92. The van der Waals surface area contributed by atoms with E-state index in [2.05, 4.69) is 10.4 Å². The summed E-state index contributed by atoms with van der Waals surface area (Å²) in [6.07, 6.45) is 0. The minimum Gasteiger partial charge on any atom is -0.483 e. The van der Waals surface area contributed by atoms with E-state index in [1.165, 1.54) is 0 Å². The van der Waals surface area contributed by atoms with Gasteiger partial charge in [-0.2, -0.15) is 5.10 Å². The van der Waals surface area contributed by atoms with Gasteiger partial charge in [0.25, 0.3) is 5.91 Å². The molecular weight excluding hydrogens is 314 g/mol. The number of carbonyl (C=O) groups is 1. The van der Waals surface area contributed by atoms with Crippen molar-refractivity contribution in [2.24, 2.45) is 0 Å². The van der Waals surface area contributed by atoms with Crippen molar-refractivity contribution in [1.82, 2.24) is 9.78 Å². The first kappa shape index (κ1) is 16.8. The molecule has 0 saturated carbocycles. The third-order valence-electron chi connectivity index (χ3n) is 3.80. The molecule has 0 spiro atoms. The first-order valence-electron chi connectivity index (χ1n) is 8.18. The van der Waals surface area contributed by atoms with E-state index in [4.69, 9.17) is 4.74 Å². The molecule has 0 aliphatic heterocycles. The first-order chi connectivity index (χ1) is 12.1. The van der Waals surface area contributed by atoms with Crippen molar-refractivity contribution >= 4 is 11.7 Å². The second-order valence-electron chi connectivity index (χ2n) is 5.92. The van der Waals surface area contributed by atoms with Gasteiger partial charge in [0, 0.05) is 6.07 Å². The maximum absolute atomic E-state index is 12.2. The van der Waals surface area contributed by atoms with E-state index >= 15 is 0 Å². The van der Waals surface area contributed by atoms with E-state index < -0.39 is 0 Å². The molecule has 0 aliphatic carbocycles. The standard InChI is InChI=1S/C20H21N3O2/c1-15-8-6-7-11-18(15)25-14-20(24)21-19-12-16(2)22-23(19)13-17-9-4-3-5-10-17/h3-12H,13-14H2,1-2H3,(H,21,24). The van der Waals surface area contributed by atoms with Crippen LogP contribution in [0.5, 0.6) is 5.75 Å². The van der Waals surface area contributed by atoms with Gasteiger partial charge in [-0.25, -0.2) is 4.68 Å². The van der Waals surface area contributed by atoms with Crippen LogP contribution in [0, 0.1) is 13.8 Å². The topological polar surface area (TPSA) is 56.1 Å². The summed E-state index contributed by atoms with van der Waals surface area (Å²) in [6.45, 7) is 4.41. The highest BCUT2D eigenvalue weighted by Gasteiger charge is 2.11. The second kappa shape index (κ2) is 7.66. The van der Waals surface area contributed by atoms with Crippen LogP contribution in [-0.4, -0.2) is 22.3 Å². The van der Waals surface area contributed by atoms with Gasteiger partial charge >= 0.3 is 0 Å². The lowest BCUT2D eigenvalue weighted by Gasteiger charge is -2.11. The minimum absolute atomic E-state index is 0.0413. The lowest BCUT2D eigenvalue weighted by Crippen LogP contribution is -2.22. The molecule has 1 N–H and O–H groups in total. The van der Waals surface area contributed by atoms with Gasteiger partial charge in [-0.15, -0.1) is 0 Å². The number of nitrogens with zero attached hydrogens (tertiary/aromatic N) is 2. The van der Waals surface area contributed by atoms with Crippen molar-refractivity contribution in [3.63, 3.8) is 0 Å². The summed E-state index contributed by atoms with van der Waals surface area (Å²) >= 11 is 0. The predicted molar refractivity (Wildman–Crippen MR) is 97.8 cm³/mol. The molecular formula is C20H21N3O2. The molecule has 3 rings (SSSR count). The number of para-hydroxylation sites is 1. The van der Waals surface area contributed by atoms with Gasteiger partial charge in [0.05, 0.1) is 12.2 Å². The fourth-order valence-corrected chi connectivity index (χ4v) is 2.56. The summed E-state index contributed by atoms with van der Waals surface area (Å²) in [5, 5.41) is 7.33. The number of carbonyl (C=O) groups excluding carboxylic acids is 1. The molecule has 0 atom stereocenters. The Balaban J connectivity index is 1.64. The van der Waals surface area contributed by atoms with Crippen LogP contribution < -0.4 is 10.1 Å². The molecule has 1 heterocycles. The van der Waals surface area contributed by atoms with E-state index in [1.54, 1.807) is 4.68 Å². The molecule has 128 valence electrons. The number of rotatable bonds is 6. The van der Waals surface area contributed by atoms with Crippen LogP contribution in [0.4, 0.5) is 5.82 Å². The summed E-state index contributed by atoms with van der Waals surface area (Å²) in [5.74, 6) is 1.17. The maximum atomic E-state index is 12.2. The summed E-state index contributed by atoms with van der Waals surface area (Å²) < 4.78 is 7.38. The smallest absolute Gasteiger partial charge is 0.263 e. The molecule has 0 bridgehead atoms. The highest BCUT2D eigenvalue weighted by Crippen LogP contribution is 2.17. The highest BCUT2D eigenvalue weighted by molar-refractivity contribution is 5.91. The third-order valence-corrected chi connectivity index (χ3v) is 3.80. The fraction of sp³-hybridized carbons (Fsp3) is 0.200. The summed E-state index contributed by atoms with van der Waals surface area (Å²) in [4.78, 5) is 12.2. The van der Waals surface area contributed by atoms with Crippen LogP contribution in [0.2, 0.25) is 0 Å². The lowest BCUT2D eigenvalue weighted by molar-refractivity contribution is -0.118. The zero-order chi connectivity index (χ0) is 17.6. The van der Waals surface area contributed by atoms with E-state index in [0.717, 1.165) is 16.8 Å². The number of aryl methyl sites for hydroxylation is 2. The van der Waals surface area contributed by atoms with Crippen LogP contribution in [-0.2, 0) is 11.3 Å². The van der Waals surface area contributed by atoms with E-state index in [0.29, 0.717) is 18.1 Å². The van der Waals surface area contributed by atoms with Crippen molar-refractivity contribution in [3.8, 4) is 5.75 Å². The van der Waals surface area contributed by atoms with E-state index in [1.807, 2.05) is 74.5 Å². The molecule has 1 aromatic heterocycles. The van der Waals surface area contributed by atoms with Crippen LogP contribution in [0.15, 0.2) is 60.7 Å². The SMILES string of the molecule is Cc1cc(NC(=O)COc2ccccc2C)n(Cc2ccccc2)n1. The van der Waals surface area contributed by atoms with Gasteiger partial charge < -0.3 is 10.1 Å². The Hall–Kier alpha value is -3.08. The number of ether oxygens (including phenoxy) is 1. The maximum Gasteiger partial charge on any atom is 0.263 e. The lowest BCUT2D eigenvalue weighted by atomic mass is 10.2. The number of nitrogens with one attached hydrogen (secondary N) is 1. The van der Waals surface area contributed by atoms with Crippen LogP contribution >= 0.6 is 0 Å². The van der Waals surface area contributed by atoms with Gasteiger partial charge in [0.1, 0.15) is 11.6 Å². The molecule has 1 amide bonds. The van der Waals surface area contributed by atoms with E-state index in [-0.39, 0.29) is 12.5 Å². The third kappa shape index (κ3) is 4.47. The summed E-state index contributed by atoms with van der Waals surface area (Å²) in [7, 11) is 0. The molecule has 3 aromatic rings. The number of anilines is 1. The van der Waals surface area contributed by atoms with Gasteiger partial charge in [-0.1, -0.05) is 48.5 Å². The van der Waals surface area contributed by atoms with E-state index in [9.17, 15) is 4.79 Å². The molecule has 5 heteroatoms. The monoisotopic (exact) mass is 335 g/mol. The zero-order valence-electron chi connectivity index (χ0n) is 14.4. The summed E-state index contributed by atoms with van der Waals surface area (Å²) in [6, 6.07) is 19.5. The number of hydrogen-bond acceptors (Lipinski definition) is 3. The number of benzene rings is 2. The molecule has 25 heavy (non-hydrogen) atoms. The number of hydrogen-bond donors (Lipinski definition) is 1. The van der Waals surface area contributed by atoms with Crippen LogP contribution in [0.25, 0.3) is 0 Å². The zero-order valence-corrected chi connectivity index (χ0v) is 14.4. The molecule has 0 radical (unpaired) electrons. The van der Waals surface area contributed by atoms with Crippen LogP contribution in [0.1, 0.15) is 16.8 Å². The summed E-state index contributed by atoms with van der Waals surface area (Å²) in [5.41, 5.74) is 2.98. The molecule has 0 unspecified atom stereocenters. The number of aromatic nitrogens is 2. The Bertz CT molecular complexity index is 856. The van der Waals surface area contributed by atoms with Crippen molar-refractivity contribution < 1.29 is 9.53 Å². The average Bonchev–Trinajstić information content (AvgIpc) is 2.94. The number of amides is 1. The van der Waals surface area contributed by atoms with Gasteiger partial charge in [0.2, 0.25) is 0 Å². The van der Waals surface area contributed by atoms with Gasteiger partial charge in [-0.05, 0) is 31.0 Å².